The molecule has 30 heavy (non-hydrogen) atoms. The van der Waals surface area contributed by atoms with Gasteiger partial charge in [0.15, 0.2) is 0 Å². The number of carbonyl (C=O) groups excluding carboxylic acids is 3. The van der Waals surface area contributed by atoms with Crippen molar-refractivity contribution in [1.29, 1.82) is 0 Å². The van der Waals surface area contributed by atoms with Crippen LogP contribution in [0.1, 0.15) is 58.4 Å². The standard InChI is InChI=1S/C22H34N2O6/c1-22(2,3)30-21(27)23-15-9-6-10-16-24(19(25)13-14-20(26)28-4)29-17-18-11-7-5-8-12-18/h5,7-8,11-12H,6,9-10,13-17H2,1-4H3,(H,23,27). The van der Waals surface area contributed by atoms with Gasteiger partial charge in [0.1, 0.15) is 12.2 Å². The van der Waals surface area contributed by atoms with Crippen molar-refractivity contribution >= 4 is 18.0 Å². The molecule has 0 heterocycles. The maximum absolute atomic E-state index is 12.4. The van der Waals surface area contributed by atoms with Crippen LogP contribution in [0.2, 0.25) is 0 Å². The van der Waals surface area contributed by atoms with Crippen molar-refractivity contribution in [2.24, 2.45) is 0 Å². The number of nitrogens with one attached hydrogen (secondary N) is 1. The number of alkyl carbamates (subject to hydrolysis) is 1. The number of hydrogen-bond donors (Lipinski definition) is 1. The van der Waals surface area contributed by atoms with Crippen LogP contribution in [0, 0.1) is 0 Å². The number of carbonyl (C=O) groups is 3. The van der Waals surface area contributed by atoms with Crippen molar-refractivity contribution in [3.63, 3.8) is 0 Å². The minimum Gasteiger partial charge on any atom is -0.469 e. The molecule has 0 aliphatic heterocycles. The molecule has 1 N–H and O–H groups in total. The van der Waals surface area contributed by atoms with E-state index in [0.29, 0.717) is 19.5 Å². The molecule has 0 radical (unpaired) electrons. The predicted molar refractivity (Wildman–Crippen MR) is 112 cm³/mol. The highest BCUT2D eigenvalue weighted by molar-refractivity contribution is 5.80. The number of hydrogen-bond acceptors (Lipinski definition) is 6. The van der Waals surface area contributed by atoms with E-state index < -0.39 is 17.7 Å². The second-order valence-electron chi connectivity index (χ2n) is 7.82. The van der Waals surface area contributed by atoms with E-state index in [1.54, 1.807) is 0 Å². The first-order valence-corrected chi connectivity index (χ1v) is 10.2. The topological polar surface area (TPSA) is 94.2 Å². The van der Waals surface area contributed by atoms with Crippen LogP contribution in [0.25, 0.3) is 0 Å². The third-order valence-corrected chi connectivity index (χ3v) is 3.98. The molecule has 0 saturated heterocycles. The zero-order valence-electron chi connectivity index (χ0n) is 18.4. The number of unbranched alkanes of at least 4 members (excludes halogenated alkanes) is 2. The molecule has 0 unspecified atom stereocenters. The summed E-state index contributed by atoms with van der Waals surface area (Å²) in [5.74, 6) is -0.692. The van der Waals surface area contributed by atoms with Crippen molar-refractivity contribution in [1.82, 2.24) is 10.4 Å². The number of rotatable bonds is 12. The summed E-state index contributed by atoms with van der Waals surface area (Å²) in [7, 11) is 1.29. The number of hydroxylamine groups is 2. The summed E-state index contributed by atoms with van der Waals surface area (Å²) in [4.78, 5) is 41.1. The number of amides is 2. The van der Waals surface area contributed by atoms with Crippen molar-refractivity contribution in [2.75, 3.05) is 20.2 Å². The van der Waals surface area contributed by atoms with E-state index in [0.717, 1.165) is 18.4 Å². The average molecular weight is 423 g/mol. The largest absolute Gasteiger partial charge is 0.469 e. The van der Waals surface area contributed by atoms with Crippen LogP contribution >= 0.6 is 0 Å². The fourth-order valence-electron chi connectivity index (χ4n) is 2.49. The molecule has 8 heteroatoms. The third-order valence-electron chi connectivity index (χ3n) is 3.98. The minimum absolute atomic E-state index is 0.0142. The quantitative estimate of drug-likeness (QED) is 0.314. The summed E-state index contributed by atoms with van der Waals surface area (Å²) in [5, 5.41) is 4.03. The third kappa shape index (κ3) is 12.1. The summed E-state index contributed by atoms with van der Waals surface area (Å²) < 4.78 is 9.77. The summed E-state index contributed by atoms with van der Waals surface area (Å²) >= 11 is 0. The van der Waals surface area contributed by atoms with E-state index in [2.05, 4.69) is 10.1 Å². The lowest BCUT2D eigenvalue weighted by atomic mass is 10.2. The predicted octanol–water partition coefficient (Wildman–Crippen LogP) is 3.60. The first-order valence-electron chi connectivity index (χ1n) is 10.2. The van der Waals surface area contributed by atoms with Gasteiger partial charge in [-0.1, -0.05) is 30.3 Å². The Bertz CT molecular complexity index is 657. The number of esters is 1. The van der Waals surface area contributed by atoms with Gasteiger partial charge in [-0.3, -0.25) is 14.4 Å². The first-order chi connectivity index (χ1) is 14.2. The van der Waals surface area contributed by atoms with Crippen molar-refractivity contribution in [2.45, 2.75) is 65.1 Å². The molecular formula is C22H34N2O6. The molecule has 0 spiro atoms. The van der Waals surface area contributed by atoms with Gasteiger partial charge >= 0.3 is 12.1 Å². The Morgan fingerprint density at radius 3 is 2.33 bits per heavy atom. The molecule has 168 valence electrons. The monoisotopic (exact) mass is 422 g/mol. The molecular weight excluding hydrogens is 388 g/mol. The number of methoxy groups -OCH3 is 1. The van der Waals surface area contributed by atoms with Crippen LogP contribution in [0.15, 0.2) is 30.3 Å². The van der Waals surface area contributed by atoms with E-state index in [-0.39, 0.29) is 25.4 Å². The lowest BCUT2D eigenvalue weighted by Crippen LogP contribution is -2.33. The van der Waals surface area contributed by atoms with E-state index in [1.165, 1.54) is 12.2 Å². The summed E-state index contributed by atoms with van der Waals surface area (Å²) in [6, 6.07) is 9.55. The van der Waals surface area contributed by atoms with Gasteiger partial charge in [-0.25, -0.2) is 9.86 Å². The Hall–Kier alpha value is -2.61. The molecule has 2 amide bonds. The number of ether oxygens (including phenoxy) is 2. The zero-order valence-corrected chi connectivity index (χ0v) is 18.4. The minimum atomic E-state index is -0.523. The molecule has 0 atom stereocenters. The zero-order chi connectivity index (χ0) is 22.4. The second-order valence-corrected chi connectivity index (χ2v) is 7.82. The van der Waals surface area contributed by atoms with Gasteiger partial charge in [0.2, 0.25) is 5.91 Å². The molecule has 0 fully saturated rings. The molecule has 1 aromatic carbocycles. The van der Waals surface area contributed by atoms with Crippen LogP contribution in [0.4, 0.5) is 4.79 Å². The normalized spacial score (nSPS) is 10.9. The van der Waals surface area contributed by atoms with Gasteiger partial charge in [0.25, 0.3) is 0 Å². The van der Waals surface area contributed by atoms with Crippen LogP contribution in [0.3, 0.4) is 0 Å². The molecule has 0 aliphatic carbocycles. The number of nitrogens with zero attached hydrogens (tertiary/aromatic N) is 1. The molecule has 0 saturated carbocycles. The highest BCUT2D eigenvalue weighted by Gasteiger charge is 2.17. The van der Waals surface area contributed by atoms with E-state index in [1.807, 2.05) is 51.1 Å². The average Bonchev–Trinajstić information content (AvgIpc) is 2.70. The second kappa shape index (κ2) is 13.6. The Morgan fingerprint density at radius 1 is 1.00 bits per heavy atom. The lowest BCUT2D eigenvalue weighted by Gasteiger charge is -2.22. The highest BCUT2D eigenvalue weighted by atomic mass is 16.7. The fourth-order valence-corrected chi connectivity index (χ4v) is 2.49. The molecule has 1 rings (SSSR count). The number of benzene rings is 1. The van der Waals surface area contributed by atoms with Crippen LogP contribution in [-0.2, 0) is 30.5 Å². The maximum atomic E-state index is 12.4. The fraction of sp³-hybridized carbons (Fsp3) is 0.591. The van der Waals surface area contributed by atoms with Gasteiger partial charge in [0, 0.05) is 19.5 Å². The van der Waals surface area contributed by atoms with Gasteiger partial charge in [0.05, 0.1) is 13.5 Å². The Morgan fingerprint density at radius 2 is 1.70 bits per heavy atom. The van der Waals surface area contributed by atoms with Crippen molar-refractivity contribution in [3.05, 3.63) is 35.9 Å². The van der Waals surface area contributed by atoms with Gasteiger partial charge in [-0.05, 0) is 45.6 Å². The Labute approximate surface area is 178 Å². The van der Waals surface area contributed by atoms with Gasteiger partial charge < -0.3 is 14.8 Å². The molecule has 1 aromatic rings. The van der Waals surface area contributed by atoms with Crippen LogP contribution < -0.4 is 5.32 Å². The first kappa shape index (κ1) is 25.4. The maximum Gasteiger partial charge on any atom is 0.407 e. The van der Waals surface area contributed by atoms with Gasteiger partial charge in [-0.15, -0.1) is 0 Å². The van der Waals surface area contributed by atoms with E-state index in [9.17, 15) is 14.4 Å². The van der Waals surface area contributed by atoms with Gasteiger partial charge in [-0.2, -0.15) is 0 Å². The Balaban J connectivity index is 2.40. The molecule has 0 bridgehead atoms. The summed E-state index contributed by atoms with van der Waals surface area (Å²) in [6.45, 7) is 6.61. The summed E-state index contributed by atoms with van der Waals surface area (Å²) in [6.07, 6.45) is 1.86. The summed E-state index contributed by atoms with van der Waals surface area (Å²) in [5.41, 5.74) is 0.426. The molecule has 8 nitrogen and oxygen atoms in total. The molecule has 0 aromatic heterocycles. The van der Waals surface area contributed by atoms with Crippen molar-refractivity contribution in [3.8, 4) is 0 Å². The smallest absolute Gasteiger partial charge is 0.407 e. The highest BCUT2D eigenvalue weighted by Crippen LogP contribution is 2.09. The van der Waals surface area contributed by atoms with Crippen LogP contribution in [0.5, 0.6) is 0 Å². The SMILES string of the molecule is COC(=O)CCC(=O)N(CCCCCNC(=O)OC(C)(C)C)OCc1ccccc1. The van der Waals surface area contributed by atoms with E-state index >= 15 is 0 Å². The van der Waals surface area contributed by atoms with E-state index in [4.69, 9.17) is 9.57 Å². The Kier molecular flexibility index (Phi) is 11.5. The lowest BCUT2D eigenvalue weighted by molar-refractivity contribution is -0.192. The van der Waals surface area contributed by atoms with Crippen LogP contribution in [-0.4, -0.2) is 48.8 Å². The van der Waals surface area contributed by atoms with Crippen molar-refractivity contribution < 1.29 is 28.7 Å². The molecule has 0 aliphatic rings.